The SMILES string of the molecule is CN(C(=O)c1cccc(OCc2cccs2)c1)C1CCN(CCc2ccccn2)CC1. The van der Waals surface area contributed by atoms with Gasteiger partial charge in [-0.05, 0) is 54.6 Å². The van der Waals surface area contributed by atoms with Crippen molar-refractivity contribution < 1.29 is 9.53 Å². The zero-order chi connectivity index (χ0) is 21.5. The molecule has 1 aliphatic heterocycles. The minimum Gasteiger partial charge on any atom is -0.488 e. The Labute approximate surface area is 188 Å². The van der Waals surface area contributed by atoms with E-state index in [9.17, 15) is 4.79 Å². The summed E-state index contributed by atoms with van der Waals surface area (Å²) in [6.07, 6.45) is 4.82. The lowest BCUT2D eigenvalue weighted by molar-refractivity contribution is 0.0643. The summed E-state index contributed by atoms with van der Waals surface area (Å²) in [5, 5.41) is 2.04. The first-order valence-electron chi connectivity index (χ1n) is 10.8. The van der Waals surface area contributed by atoms with Crippen LogP contribution in [0.4, 0.5) is 0 Å². The van der Waals surface area contributed by atoms with Crippen LogP contribution in [-0.2, 0) is 13.0 Å². The van der Waals surface area contributed by atoms with E-state index < -0.39 is 0 Å². The molecule has 0 radical (unpaired) electrons. The first-order valence-corrected chi connectivity index (χ1v) is 11.7. The number of nitrogens with zero attached hydrogens (tertiary/aromatic N) is 3. The second kappa shape index (κ2) is 10.6. The van der Waals surface area contributed by atoms with Gasteiger partial charge in [0.05, 0.1) is 0 Å². The number of hydrogen-bond donors (Lipinski definition) is 0. The molecule has 2 aromatic heterocycles. The summed E-state index contributed by atoms with van der Waals surface area (Å²) >= 11 is 1.67. The van der Waals surface area contributed by atoms with Crippen molar-refractivity contribution in [2.45, 2.75) is 31.9 Å². The summed E-state index contributed by atoms with van der Waals surface area (Å²) in [4.78, 5) is 23.0. The largest absolute Gasteiger partial charge is 0.488 e. The normalized spacial score (nSPS) is 15.0. The Balaban J connectivity index is 1.27. The van der Waals surface area contributed by atoms with Gasteiger partial charge in [-0.2, -0.15) is 0 Å². The lowest BCUT2D eigenvalue weighted by Gasteiger charge is -2.36. The molecule has 0 aliphatic carbocycles. The van der Waals surface area contributed by atoms with Crippen LogP contribution in [0.25, 0.3) is 0 Å². The van der Waals surface area contributed by atoms with E-state index in [0.717, 1.165) is 50.3 Å². The Bertz CT molecular complexity index is 954. The van der Waals surface area contributed by atoms with E-state index in [1.54, 1.807) is 11.3 Å². The van der Waals surface area contributed by atoms with Crippen molar-refractivity contribution in [1.29, 1.82) is 0 Å². The number of benzene rings is 1. The van der Waals surface area contributed by atoms with Gasteiger partial charge in [0.1, 0.15) is 12.4 Å². The Morgan fingerprint density at radius 1 is 1.16 bits per heavy atom. The van der Waals surface area contributed by atoms with Gasteiger partial charge in [-0.1, -0.05) is 18.2 Å². The molecule has 0 N–H and O–H groups in total. The van der Waals surface area contributed by atoms with Crippen LogP contribution in [-0.4, -0.2) is 53.4 Å². The number of carbonyl (C=O) groups excluding carboxylic acids is 1. The van der Waals surface area contributed by atoms with Crippen LogP contribution in [0.15, 0.2) is 66.2 Å². The summed E-state index contributed by atoms with van der Waals surface area (Å²) in [5.74, 6) is 0.797. The third-order valence-corrected chi connectivity index (χ3v) is 6.73. The zero-order valence-corrected chi connectivity index (χ0v) is 18.8. The second-order valence-electron chi connectivity index (χ2n) is 7.96. The van der Waals surface area contributed by atoms with E-state index >= 15 is 0 Å². The van der Waals surface area contributed by atoms with E-state index in [-0.39, 0.29) is 11.9 Å². The molecule has 1 saturated heterocycles. The number of hydrogen-bond acceptors (Lipinski definition) is 5. The number of amides is 1. The number of carbonyl (C=O) groups is 1. The maximum Gasteiger partial charge on any atom is 0.253 e. The Hall–Kier alpha value is -2.70. The third-order valence-electron chi connectivity index (χ3n) is 5.88. The molecule has 5 nitrogen and oxygen atoms in total. The van der Waals surface area contributed by atoms with E-state index in [1.165, 1.54) is 4.88 Å². The molecule has 3 aromatic rings. The second-order valence-corrected chi connectivity index (χ2v) is 8.99. The lowest BCUT2D eigenvalue weighted by atomic mass is 10.0. The van der Waals surface area contributed by atoms with Crippen molar-refractivity contribution in [3.05, 3.63) is 82.3 Å². The van der Waals surface area contributed by atoms with Crippen LogP contribution >= 0.6 is 11.3 Å². The van der Waals surface area contributed by atoms with Crippen LogP contribution in [0, 0.1) is 0 Å². The first-order chi connectivity index (χ1) is 15.2. The van der Waals surface area contributed by atoms with Crippen molar-refractivity contribution >= 4 is 17.2 Å². The maximum atomic E-state index is 13.1. The van der Waals surface area contributed by atoms with E-state index in [0.29, 0.717) is 12.2 Å². The number of piperidine rings is 1. The van der Waals surface area contributed by atoms with Crippen molar-refractivity contribution in [3.63, 3.8) is 0 Å². The fourth-order valence-corrected chi connectivity index (χ4v) is 4.60. The standard InChI is InChI=1S/C25H29N3O2S/c1-27(22-11-15-28(16-12-22)14-10-21-7-2-3-13-26-21)25(29)20-6-4-8-23(18-20)30-19-24-9-5-17-31-24/h2-9,13,17-18,22H,10-12,14-16,19H2,1H3. The van der Waals surface area contributed by atoms with E-state index in [2.05, 4.69) is 22.0 Å². The molecule has 0 spiro atoms. The molecule has 1 amide bonds. The van der Waals surface area contributed by atoms with Gasteiger partial charge in [-0.25, -0.2) is 0 Å². The molecule has 0 unspecified atom stereocenters. The summed E-state index contributed by atoms with van der Waals surface area (Å²) < 4.78 is 5.87. The van der Waals surface area contributed by atoms with Gasteiger partial charge in [0.25, 0.3) is 5.91 Å². The number of aromatic nitrogens is 1. The molecule has 0 saturated carbocycles. The average Bonchev–Trinajstić information content (AvgIpc) is 3.35. The van der Waals surface area contributed by atoms with Gasteiger partial charge in [0.2, 0.25) is 0 Å². The van der Waals surface area contributed by atoms with Gasteiger partial charge < -0.3 is 14.5 Å². The van der Waals surface area contributed by atoms with E-state index in [1.807, 2.05) is 66.0 Å². The van der Waals surface area contributed by atoms with E-state index in [4.69, 9.17) is 4.74 Å². The molecule has 4 rings (SSSR count). The van der Waals surface area contributed by atoms with Crippen LogP contribution < -0.4 is 4.74 Å². The van der Waals surface area contributed by atoms with Crippen LogP contribution in [0.3, 0.4) is 0 Å². The highest BCUT2D eigenvalue weighted by Gasteiger charge is 2.26. The van der Waals surface area contributed by atoms with Crippen LogP contribution in [0.2, 0.25) is 0 Å². The molecule has 1 fully saturated rings. The highest BCUT2D eigenvalue weighted by Crippen LogP contribution is 2.21. The third kappa shape index (κ3) is 5.93. The minimum absolute atomic E-state index is 0.0634. The molecule has 1 aromatic carbocycles. The number of rotatable bonds is 8. The summed E-state index contributed by atoms with van der Waals surface area (Å²) in [7, 11) is 1.93. The Kier molecular flexibility index (Phi) is 7.33. The van der Waals surface area contributed by atoms with Gasteiger partial charge in [0, 0.05) is 61.5 Å². The predicted molar refractivity (Wildman–Crippen MR) is 125 cm³/mol. The molecule has 3 heterocycles. The van der Waals surface area contributed by atoms with Crippen LogP contribution in [0.5, 0.6) is 5.75 Å². The van der Waals surface area contributed by atoms with Gasteiger partial charge in [-0.3, -0.25) is 9.78 Å². The topological polar surface area (TPSA) is 45.7 Å². The Morgan fingerprint density at radius 3 is 2.77 bits per heavy atom. The van der Waals surface area contributed by atoms with Crippen LogP contribution in [0.1, 0.15) is 33.8 Å². The van der Waals surface area contributed by atoms with Gasteiger partial charge in [-0.15, -0.1) is 11.3 Å². The highest BCUT2D eigenvalue weighted by atomic mass is 32.1. The molecule has 0 bridgehead atoms. The molecule has 162 valence electrons. The fourth-order valence-electron chi connectivity index (χ4n) is 3.99. The number of pyridine rings is 1. The van der Waals surface area contributed by atoms with Crippen molar-refractivity contribution in [2.24, 2.45) is 0 Å². The summed E-state index contributed by atoms with van der Waals surface area (Å²) in [6, 6.07) is 17.9. The predicted octanol–water partition coefficient (Wildman–Crippen LogP) is 4.50. The summed E-state index contributed by atoms with van der Waals surface area (Å²) in [6.45, 7) is 3.57. The molecule has 31 heavy (non-hydrogen) atoms. The molecule has 0 atom stereocenters. The van der Waals surface area contributed by atoms with Crippen molar-refractivity contribution in [2.75, 3.05) is 26.7 Å². The molecule has 6 heteroatoms. The first kappa shape index (κ1) is 21.5. The van der Waals surface area contributed by atoms with Crippen molar-refractivity contribution in [3.8, 4) is 5.75 Å². The number of likely N-dealkylation sites (tertiary alicyclic amines) is 1. The quantitative estimate of drug-likeness (QED) is 0.523. The maximum absolute atomic E-state index is 13.1. The van der Waals surface area contributed by atoms with Gasteiger partial charge in [0.15, 0.2) is 0 Å². The summed E-state index contributed by atoms with van der Waals surface area (Å²) in [5.41, 5.74) is 1.82. The number of ether oxygens (including phenoxy) is 1. The zero-order valence-electron chi connectivity index (χ0n) is 17.9. The number of thiophene rings is 1. The highest BCUT2D eigenvalue weighted by molar-refractivity contribution is 7.09. The fraction of sp³-hybridized carbons (Fsp3) is 0.360. The average molecular weight is 436 g/mol. The molecular weight excluding hydrogens is 406 g/mol. The Morgan fingerprint density at radius 2 is 2.03 bits per heavy atom. The minimum atomic E-state index is 0.0634. The monoisotopic (exact) mass is 435 g/mol. The molecule has 1 aliphatic rings. The molecular formula is C25H29N3O2S. The lowest BCUT2D eigenvalue weighted by Crippen LogP contribution is -2.46. The smallest absolute Gasteiger partial charge is 0.253 e. The van der Waals surface area contributed by atoms with Gasteiger partial charge >= 0.3 is 0 Å². The van der Waals surface area contributed by atoms with Crippen molar-refractivity contribution in [1.82, 2.24) is 14.8 Å².